The van der Waals surface area contributed by atoms with Gasteiger partial charge in [0, 0.05) is 18.4 Å². The summed E-state index contributed by atoms with van der Waals surface area (Å²) in [5, 5.41) is 3.05. The molecule has 2 aromatic carbocycles. The lowest BCUT2D eigenvalue weighted by Gasteiger charge is -2.26. The molecule has 2 aromatic rings. The molecule has 1 N–H and O–H groups in total. The average Bonchev–Trinajstić information content (AvgIpc) is 2.70. The van der Waals surface area contributed by atoms with Gasteiger partial charge in [0.25, 0.3) is 0 Å². The number of carbonyl (C=O) groups excluding carboxylic acids is 1. The van der Waals surface area contributed by atoms with Gasteiger partial charge < -0.3 is 19.5 Å². The van der Waals surface area contributed by atoms with E-state index in [-0.39, 0.29) is 11.3 Å². The van der Waals surface area contributed by atoms with Crippen molar-refractivity contribution >= 4 is 5.91 Å². The van der Waals surface area contributed by atoms with E-state index in [1.165, 1.54) is 0 Å². The second kappa shape index (κ2) is 9.31. The SMILES string of the molecule is COc1ccc(C(C)(C)CNC(=O)CCc2ccc(OC)c(OC)c2)cc1. The van der Waals surface area contributed by atoms with E-state index in [0.717, 1.165) is 16.9 Å². The minimum atomic E-state index is -0.161. The highest BCUT2D eigenvalue weighted by Gasteiger charge is 2.21. The number of benzene rings is 2. The van der Waals surface area contributed by atoms with Crippen LogP contribution in [0, 0.1) is 0 Å². The minimum Gasteiger partial charge on any atom is -0.497 e. The third-order valence-electron chi connectivity index (χ3n) is 4.69. The Labute approximate surface area is 161 Å². The van der Waals surface area contributed by atoms with E-state index in [4.69, 9.17) is 14.2 Å². The predicted octanol–water partition coefficient (Wildman–Crippen LogP) is 3.74. The van der Waals surface area contributed by atoms with Crippen LogP contribution in [0.2, 0.25) is 0 Å². The van der Waals surface area contributed by atoms with Crippen LogP contribution in [-0.4, -0.2) is 33.8 Å². The van der Waals surface area contributed by atoms with E-state index in [1.807, 2.05) is 42.5 Å². The number of hydrogen-bond acceptors (Lipinski definition) is 4. The molecule has 0 spiro atoms. The molecule has 5 nitrogen and oxygen atoms in total. The van der Waals surface area contributed by atoms with Gasteiger partial charge in [-0.05, 0) is 41.8 Å². The van der Waals surface area contributed by atoms with Gasteiger partial charge in [-0.3, -0.25) is 4.79 Å². The van der Waals surface area contributed by atoms with Gasteiger partial charge in [-0.1, -0.05) is 32.0 Å². The number of methoxy groups -OCH3 is 3. The second-order valence-electron chi connectivity index (χ2n) is 7.08. The van der Waals surface area contributed by atoms with Gasteiger partial charge in [-0.2, -0.15) is 0 Å². The lowest BCUT2D eigenvalue weighted by Crippen LogP contribution is -2.36. The zero-order valence-corrected chi connectivity index (χ0v) is 16.8. The molecule has 0 atom stereocenters. The number of nitrogens with one attached hydrogen (secondary N) is 1. The Morgan fingerprint density at radius 3 is 2.19 bits per heavy atom. The van der Waals surface area contributed by atoms with Gasteiger partial charge in [0.1, 0.15) is 5.75 Å². The highest BCUT2D eigenvalue weighted by Crippen LogP contribution is 2.28. The van der Waals surface area contributed by atoms with Gasteiger partial charge in [0.2, 0.25) is 5.91 Å². The molecule has 27 heavy (non-hydrogen) atoms. The fourth-order valence-electron chi connectivity index (χ4n) is 2.85. The predicted molar refractivity (Wildman–Crippen MR) is 107 cm³/mol. The molecular formula is C22H29NO4. The number of amides is 1. The molecule has 0 fully saturated rings. The standard InChI is InChI=1S/C22H29NO4/c1-22(2,17-8-10-18(25-3)11-9-17)15-23-21(24)13-7-16-6-12-19(26-4)20(14-16)27-5/h6,8-12,14H,7,13,15H2,1-5H3,(H,23,24). The maximum absolute atomic E-state index is 12.3. The number of ether oxygens (including phenoxy) is 3. The second-order valence-corrected chi connectivity index (χ2v) is 7.08. The van der Waals surface area contributed by atoms with Crippen LogP contribution in [0.3, 0.4) is 0 Å². The number of rotatable bonds is 9. The molecule has 1 amide bonds. The normalized spacial score (nSPS) is 11.0. The van der Waals surface area contributed by atoms with Crippen LogP contribution in [-0.2, 0) is 16.6 Å². The first-order valence-corrected chi connectivity index (χ1v) is 9.01. The first-order chi connectivity index (χ1) is 12.9. The van der Waals surface area contributed by atoms with Crippen LogP contribution in [0.15, 0.2) is 42.5 Å². The Kier molecular flexibility index (Phi) is 7.11. The van der Waals surface area contributed by atoms with Crippen LogP contribution in [0.5, 0.6) is 17.2 Å². The Morgan fingerprint density at radius 1 is 0.926 bits per heavy atom. The number of hydrogen-bond donors (Lipinski definition) is 1. The summed E-state index contributed by atoms with van der Waals surface area (Å²) in [6.07, 6.45) is 1.07. The van der Waals surface area contributed by atoms with E-state index >= 15 is 0 Å². The fourth-order valence-corrected chi connectivity index (χ4v) is 2.85. The molecule has 0 saturated heterocycles. The van der Waals surface area contributed by atoms with Crippen molar-refractivity contribution in [1.29, 1.82) is 0 Å². The van der Waals surface area contributed by atoms with Gasteiger partial charge in [0.05, 0.1) is 21.3 Å². The largest absolute Gasteiger partial charge is 0.497 e. The zero-order valence-electron chi connectivity index (χ0n) is 16.8. The third-order valence-corrected chi connectivity index (χ3v) is 4.69. The Balaban J connectivity index is 1.88. The van der Waals surface area contributed by atoms with Gasteiger partial charge in [0.15, 0.2) is 11.5 Å². The van der Waals surface area contributed by atoms with Crippen molar-refractivity contribution in [2.24, 2.45) is 0 Å². The Morgan fingerprint density at radius 2 is 1.59 bits per heavy atom. The molecule has 0 aromatic heterocycles. The molecule has 0 saturated carbocycles. The van der Waals surface area contributed by atoms with Crippen LogP contribution < -0.4 is 19.5 Å². The molecular weight excluding hydrogens is 342 g/mol. The van der Waals surface area contributed by atoms with Crippen molar-refractivity contribution < 1.29 is 19.0 Å². The summed E-state index contributed by atoms with van der Waals surface area (Å²) >= 11 is 0. The Hall–Kier alpha value is -2.69. The highest BCUT2D eigenvalue weighted by molar-refractivity contribution is 5.76. The van der Waals surface area contributed by atoms with Crippen molar-refractivity contribution in [2.75, 3.05) is 27.9 Å². The minimum absolute atomic E-state index is 0.0337. The molecule has 0 unspecified atom stereocenters. The molecule has 146 valence electrons. The average molecular weight is 371 g/mol. The summed E-state index contributed by atoms with van der Waals surface area (Å²) in [4.78, 5) is 12.3. The lowest BCUT2D eigenvalue weighted by atomic mass is 9.84. The number of carbonyl (C=O) groups is 1. The topological polar surface area (TPSA) is 56.8 Å². The number of aryl methyl sites for hydroxylation is 1. The highest BCUT2D eigenvalue weighted by atomic mass is 16.5. The van der Waals surface area contributed by atoms with E-state index in [1.54, 1.807) is 21.3 Å². The molecule has 0 aliphatic carbocycles. The summed E-state index contributed by atoms with van der Waals surface area (Å²) in [5.74, 6) is 2.22. The quantitative estimate of drug-likeness (QED) is 0.730. The van der Waals surface area contributed by atoms with E-state index in [9.17, 15) is 4.79 Å². The summed E-state index contributed by atoms with van der Waals surface area (Å²) in [5.41, 5.74) is 2.03. The van der Waals surface area contributed by atoms with Crippen LogP contribution in [0.1, 0.15) is 31.4 Å². The summed E-state index contributed by atoms with van der Waals surface area (Å²) < 4.78 is 15.7. The molecule has 5 heteroatoms. The van der Waals surface area contributed by atoms with Gasteiger partial charge >= 0.3 is 0 Å². The molecule has 2 rings (SSSR count). The van der Waals surface area contributed by atoms with E-state index in [0.29, 0.717) is 30.9 Å². The van der Waals surface area contributed by atoms with Crippen LogP contribution >= 0.6 is 0 Å². The molecule has 0 aliphatic rings. The third kappa shape index (κ3) is 5.64. The first-order valence-electron chi connectivity index (χ1n) is 9.01. The first kappa shape index (κ1) is 20.6. The monoisotopic (exact) mass is 371 g/mol. The van der Waals surface area contributed by atoms with Gasteiger partial charge in [-0.25, -0.2) is 0 Å². The summed E-state index contributed by atoms with van der Waals surface area (Å²) in [7, 11) is 4.86. The van der Waals surface area contributed by atoms with Crippen LogP contribution in [0.4, 0.5) is 0 Å². The van der Waals surface area contributed by atoms with E-state index < -0.39 is 0 Å². The van der Waals surface area contributed by atoms with Crippen molar-refractivity contribution in [3.63, 3.8) is 0 Å². The van der Waals surface area contributed by atoms with Crippen molar-refractivity contribution in [2.45, 2.75) is 32.1 Å². The maximum Gasteiger partial charge on any atom is 0.220 e. The van der Waals surface area contributed by atoms with Crippen LogP contribution in [0.25, 0.3) is 0 Å². The van der Waals surface area contributed by atoms with Crippen molar-refractivity contribution in [3.05, 3.63) is 53.6 Å². The smallest absolute Gasteiger partial charge is 0.220 e. The van der Waals surface area contributed by atoms with Crippen molar-refractivity contribution in [1.82, 2.24) is 5.32 Å². The summed E-state index contributed by atoms with van der Waals surface area (Å²) in [6.45, 7) is 4.80. The molecule has 0 aliphatic heterocycles. The van der Waals surface area contributed by atoms with Gasteiger partial charge in [-0.15, -0.1) is 0 Å². The lowest BCUT2D eigenvalue weighted by molar-refractivity contribution is -0.121. The fraction of sp³-hybridized carbons (Fsp3) is 0.409. The van der Waals surface area contributed by atoms with E-state index in [2.05, 4.69) is 19.2 Å². The molecule has 0 bridgehead atoms. The maximum atomic E-state index is 12.3. The molecule has 0 heterocycles. The van der Waals surface area contributed by atoms with Crippen molar-refractivity contribution in [3.8, 4) is 17.2 Å². The summed E-state index contributed by atoms with van der Waals surface area (Å²) in [6, 6.07) is 13.7. The zero-order chi connectivity index (χ0) is 19.9. The molecule has 0 radical (unpaired) electrons. The Bertz CT molecular complexity index is 753.